The van der Waals surface area contributed by atoms with Crippen LogP contribution in [-0.4, -0.2) is 17.9 Å². The first-order valence-corrected chi connectivity index (χ1v) is 13.1. The smallest absolute Gasteiger partial charge is 0.261 e. The summed E-state index contributed by atoms with van der Waals surface area (Å²) < 4.78 is 9.02. The SMILES string of the molecule is Cc1nc2ccc(Br)cc2c(=O)n1Cc1cccc(O[Si](C)(C)C(C)(C)C)c1. The lowest BCUT2D eigenvalue weighted by Gasteiger charge is -2.36. The monoisotopic (exact) mass is 458 g/mol. The van der Waals surface area contributed by atoms with Gasteiger partial charge in [0.1, 0.15) is 11.6 Å². The number of hydrogen-bond donors (Lipinski definition) is 0. The average molecular weight is 459 g/mol. The molecule has 1 aromatic heterocycles. The molecular weight excluding hydrogens is 432 g/mol. The van der Waals surface area contributed by atoms with Crippen molar-refractivity contribution in [3.05, 3.63) is 68.7 Å². The second-order valence-electron chi connectivity index (χ2n) is 8.72. The van der Waals surface area contributed by atoms with Gasteiger partial charge in [0.15, 0.2) is 0 Å². The van der Waals surface area contributed by atoms with Crippen molar-refractivity contribution in [1.82, 2.24) is 9.55 Å². The van der Waals surface area contributed by atoms with Crippen LogP contribution in [0.1, 0.15) is 32.2 Å². The first-order chi connectivity index (χ1) is 13.0. The predicted octanol–water partition coefficient (Wildman–Crippen LogP) is 5.90. The van der Waals surface area contributed by atoms with Crippen molar-refractivity contribution in [2.75, 3.05) is 0 Å². The molecule has 0 saturated carbocycles. The highest BCUT2D eigenvalue weighted by atomic mass is 79.9. The van der Waals surface area contributed by atoms with Crippen LogP contribution in [0.25, 0.3) is 10.9 Å². The number of halogens is 1. The van der Waals surface area contributed by atoms with E-state index in [1.807, 2.05) is 49.4 Å². The molecule has 0 aliphatic carbocycles. The largest absolute Gasteiger partial charge is 0.543 e. The molecule has 0 spiro atoms. The molecular formula is C22H27BrN2O2Si. The summed E-state index contributed by atoms with van der Waals surface area (Å²) in [5.74, 6) is 1.57. The Kier molecular flexibility index (Phi) is 5.56. The molecule has 0 fully saturated rings. The van der Waals surface area contributed by atoms with Crippen LogP contribution in [0.3, 0.4) is 0 Å². The summed E-state index contributed by atoms with van der Waals surface area (Å²) in [7, 11) is -1.91. The van der Waals surface area contributed by atoms with Crippen molar-refractivity contribution in [3.8, 4) is 5.75 Å². The molecule has 3 aromatic rings. The first-order valence-electron chi connectivity index (χ1n) is 9.42. The van der Waals surface area contributed by atoms with Crippen molar-refractivity contribution >= 4 is 35.2 Å². The molecule has 3 rings (SSSR count). The van der Waals surface area contributed by atoms with Gasteiger partial charge in [-0.25, -0.2) is 4.98 Å². The topological polar surface area (TPSA) is 44.1 Å². The summed E-state index contributed by atoms with van der Waals surface area (Å²) in [5.41, 5.74) is 1.72. The third kappa shape index (κ3) is 4.23. The molecule has 0 amide bonds. The Morgan fingerprint density at radius 1 is 1.14 bits per heavy atom. The summed E-state index contributed by atoms with van der Waals surface area (Å²) >= 11 is 3.44. The maximum absolute atomic E-state index is 13.0. The zero-order valence-electron chi connectivity index (χ0n) is 17.3. The van der Waals surface area contributed by atoms with Crippen LogP contribution >= 0.6 is 15.9 Å². The van der Waals surface area contributed by atoms with E-state index in [4.69, 9.17) is 4.43 Å². The fourth-order valence-electron chi connectivity index (χ4n) is 2.83. The van der Waals surface area contributed by atoms with Crippen molar-refractivity contribution < 1.29 is 4.43 Å². The minimum atomic E-state index is -1.91. The zero-order valence-corrected chi connectivity index (χ0v) is 19.9. The normalized spacial score (nSPS) is 12.4. The van der Waals surface area contributed by atoms with Gasteiger partial charge < -0.3 is 4.43 Å². The van der Waals surface area contributed by atoms with E-state index in [-0.39, 0.29) is 10.6 Å². The quantitative estimate of drug-likeness (QED) is 0.457. The summed E-state index contributed by atoms with van der Waals surface area (Å²) in [4.78, 5) is 17.6. The lowest BCUT2D eigenvalue weighted by atomic mass is 10.2. The maximum Gasteiger partial charge on any atom is 0.261 e. The second kappa shape index (κ2) is 7.48. The standard InChI is InChI=1S/C22H27BrN2O2Si/c1-15-24-20-11-10-17(23)13-19(20)21(26)25(15)14-16-8-7-9-18(12-16)27-28(5,6)22(2,3)4/h7-13H,14H2,1-6H3. The summed E-state index contributed by atoms with van der Waals surface area (Å²) in [6.45, 7) is 13.5. The van der Waals surface area contributed by atoms with Gasteiger partial charge in [-0.2, -0.15) is 0 Å². The molecule has 2 aromatic carbocycles. The van der Waals surface area contributed by atoms with Crippen LogP contribution in [0.15, 0.2) is 51.7 Å². The van der Waals surface area contributed by atoms with Gasteiger partial charge in [0.05, 0.1) is 17.4 Å². The molecule has 6 heteroatoms. The highest BCUT2D eigenvalue weighted by Crippen LogP contribution is 2.37. The number of aryl methyl sites for hydroxylation is 1. The second-order valence-corrected chi connectivity index (χ2v) is 14.4. The van der Waals surface area contributed by atoms with Crippen LogP contribution in [-0.2, 0) is 6.54 Å². The third-order valence-corrected chi connectivity index (χ3v) is 10.4. The predicted molar refractivity (Wildman–Crippen MR) is 122 cm³/mol. The molecule has 0 aliphatic rings. The van der Waals surface area contributed by atoms with E-state index >= 15 is 0 Å². The van der Waals surface area contributed by atoms with E-state index in [2.05, 4.69) is 54.8 Å². The minimum absolute atomic E-state index is 0.0282. The van der Waals surface area contributed by atoms with E-state index in [1.54, 1.807) is 4.57 Å². The summed E-state index contributed by atoms with van der Waals surface area (Å²) in [5, 5.41) is 0.750. The molecule has 0 saturated heterocycles. The van der Waals surface area contributed by atoms with Gasteiger partial charge in [-0.15, -0.1) is 0 Å². The van der Waals surface area contributed by atoms with Gasteiger partial charge in [0.2, 0.25) is 8.32 Å². The van der Waals surface area contributed by atoms with Crippen molar-refractivity contribution in [2.45, 2.75) is 52.4 Å². The Bertz CT molecular complexity index is 1080. The van der Waals surface area contributed by atoms with Gasteiger partial charge >= 0.3 is 0 Å². The number of aromatic nitrogens is 2. The first kappa shape index (κ1) is 20.8. The molecule has 0 unspecified atom stereocenters. The van der Waals surface area contributed by atoms with Crippen LogP contribution in [0.2, 0.25) is 18.1 Å². The van der Waals surface area contributed by atoms with Crippen molar-refractivity contribution in [1.29, 1.82) is 0 Å². The summed E-state index contributed by atoms with van der Waals surface area (Å²) in [6, 6.07) is 13.6. The van der Waals surface area contributed by atoms with E-state index in [9.17, 15) is 4.79 Å². The average Bonchev–Trinajstić information content (AvgIpc) is 2.58. The fourth-order valence-corrected chi connectivity index (χ4v) is 4.21. The molecule has 4 nitrogen and oxygen atoms in total. The highest BCUT2D eigenvalue weighted by Gasteiger charge is 2.38. The molecule has 0 bridgehead atoms. The van der Waals surface area contributed by atoms with E-state index < -0.39 is 8.32 Å². The van der Waals surface area contributed by atoms with Crippen LogP contribution in [0.4, 0.5) is 0 Å². The summed E-state index contributed by atoms with van der Waals surface area (Å²) in [6.07, 6.45) is 0. The number of benzene rings is 2. The number of rotatable bonds is 4. The molecule has 0 radical (unpaired) electrons. The van der Waals surface area contributed by atoms with E-state index in [0.29, 0.717) is 17.8 Å². The Labute approximate surface area is 175 Å². The zero-order chi connectivity index (χ0) is 20.7. The van der Waals surface area contributed by atoms with Gasteiger partial charge in [-0.05, 0) is 61.0 Å². The Morgan fingerprint density at radius 2 is 1.86 bits per heavy atom. The number of fused-ring (bicyclic) bond motifs is 1. The maximum atomic E-state index is 13.0. The Morgan fingerprint density at radius 3 is 2.54 bits per heavy atom. The van der Waals surface area contributed by atoms with Gasteiger partial charge in [-0.3, -0.25) is 9.36 Å². The third-order valence-electron chi connectivity index (χ3n) is 5.53. The molecule has 1 heterocycles. The Hall–Kier alpha value is -1.92. The molecule has 0 atom stereocenters. The van der Waals surface area contributed by atoms with Gasteiger partial charge in [0.25, 0.3) is 5.56 Å². The lowest BCUT2D eigenvalue weighted by Crippen LogP contribution is -2.43. The molecule has 0 N–H and O–H groups in total. The minimum Gasteiger partial charge on any atom is -0.543 e. The van der Waals surface area contributed by atoms with Crippen LogP contribution in [0, 0.1) is 6.92 Å². The Balaban J connectivity index is 1.96. The van der Waals surface area contributed by atoms with Crippen molar-refractivity contribution in [3.63, 3.8) is 0 Å². The van der Waals surface area contributed by atoms with Crippen LogP contribution in [0.5, 0.6) is 5.75 Å². The highest BCUT2D eigenvalue weighted by molar-refractivity contribution is 9.10. The fraction of sp³-hybridized carbons (Fsp3) is 0.364. The van der Waals surface area contributed by atoms with E-state index in [1.165, 1.54) is 0 Å². The lowest BCUT2D eigenvalue weighted by molar-refractivity contribution is 0.491. The van der Waals surface area contributed by atoms with E-state index in [0.717, 1.165) is 21.3 Å². The van der Waals surface area contributed by atoms with Gasteiger partial charge in [-0.1, -0.05) is 48.8 Å². The number of nitrogens with zero attached hydrogens (tertiary/aromatic N) is 2. The molecule has 148 valence electrons. The number of hydrogen-bond acceptors (Lipinski definition) is 3. The van der Waals surface area contributed by atoms with Crippen molar-refractivity contribution in [2.24, 2.45) is 0 Å². The van der Waals surface area contributed by atoms with Crippen LogP contribution < -0.4 is 9.99 Å². The van der Waals surface area contributed by atoms with Gasteiger partial charge in [0, 0.05) is 4.47 Å². The molecule has 28 heavy (non-hydrogen) atoms. The molecule has 0 aliphatic heterocycles.